The third kappa shape index (κ3) is 1.33. The van der Waals surface area contributed by atoms with Crippen molar-refractivity contribution >= 4 is 0 Å². The molecule has 1 spiro atoms. The molecule has 1 nitrogen and oxygen atoms in total. The molecule has 90 valence electrons. The van der Waals surface area contributed by atoms with E-state index in [1.807, 2.05) is 0 Å². The van der Waals surface area contributed by atoms with Crippen molar-refractivity contribution in [3.05, 3.63) is 11.6 Å². The van der Waals surface area contributed by atoms with Crippen LogP contribution in [-0.2, 0) is 4.74 Å². The van der Waals surface area contributed by atoms with Gasteiger partial charge in [-0.05, 0) is 37.5 Å². The molecule has 0 aromatic carbocycles. The molecular formula is C15H24O. The summed E-state index contributed by atoms with van der Waals surface area (Å²) in [6, 6.07) is 0. The molecule has 3 aliphatic rings. The Hall–Kier alpha value is -0.300. The molecule has 1 aliphatic heterocycles. The van der Waals surface area contributed by atoms with Gasteiger partial charge in [0, 0.05) is 5.92 Å². The first kappa shape index (κ1) is 10.8. The lowest BCUT2D eigenvalue weighted by Crippen LogP contribution is -2.53. The van der Waals surface area contributed by atoms with E-state index >= 15 is 0 Å². The molecule has 1 saturated carbocycles. The van der Waals surface area contributed by atoms with Gasteiger partial charge in [-0.2, -0.15) is 0 Å². The van der Waals surface area contributed by atoms with Gasteiger partial charge < -0.3 is 4.74 Å². The average molecular weight is 220 g/mol. The molecule has 0 aromatic rings. The summed E-state index contributed by atoms with van der Waals surface area (Å²) in [6.45, 7) is 8.16. The van der Waals surface area contributed by atoms with Crippen molar-refractivity contribution in [3.63, 3.8) is 0 Å². The maximum absolute atomic E-state index is 6.36. The molecule has 2 aliphatic carbocycles. The van der Waals surface area contributed by atoms with E-state index in [4.69, 9.17) is 4.74 Å². The van der Waals surface area contributed by atoms with Crippen LogP contribution in [0.2, 0.25) is 0 Å². The lowest BCUT2D eigenvalue weighted by Gasteiger charge is -2.53. The average Bonchev–Trinajstić information content (AvgIpc) is 2.65. The van der Waals surface area contributed by atoms with Gasteiger partial charge >= 0.3 is 0 Å². The van der Waals surface area contributed by atoms with Crippen LogP contribution < -0.4 is 0 Å². The molecule has 1 heteroatoms. The van der Waals surface area contributed by atoms with Crippen molar-refractivity contribution in [1.82, 2.24) is 0 Å². The molecular weight excluding hydrogens is 196 g/mol. The molecule has 0 aromatic heterocycles. The van der Waals surface area contributed by atoms with Crippen molar-refractivity contribution in [2.75, 3.05) is 6.61 Å². The van der Waals surface area contributed by atoms with Gasteiger partial charge in [0.15, 0.2) is 0 Å². The highest BCUT2D eigenvalue weighted by Gasteiger charge is 2.52. The topological polar surface area (TPSA) is 9.23 Å². The third-order valence-corrected chi connectivity index (χ3v) is 5.47. The first-order valence-corrected chi connectivity index (χ1v) is 6.96. The summed E-state index contributed by atoms with van der Waals surface area (Å²) in [7, 11) is 0. The van der Waals surface area contributed by atoms with Gasteiger partial charge in [0.25, 0.3) is 0 Å². The van der Waals surface area contributed by atoms with E-state index < -0.39 is 0 Å². The van der Waals surface area contributed by atoms with E-state index in [1.54, 1.807) is 5.57 Å². The summed E-state index contributed by atoms with van der Waals surface area (Å²) in [4.78, 5) is 0. The van der Waals surface area contributed by atoms with Crippen LogP contribution in [0.3, 0.4) is 0 Å². The van der Waals surface area contributed by atoms with Crippen LogP contribution >= 0.6 is 0 Å². The quantitative estimate of drug-likeness (QED) is 0.564. The maximum Gasteiger partial charge on any atom is 0.0750 e. The molecule has 4 atom stereocenters. The fourth-order valence-electron chi connectivity index (χ4n) is 4.76. The third-order valence-electron chi connectivity index (χ3n) is 5.47. The zero-order chi connectivity index (χ0) is 11.3. The Kier molecular flexibility index (Phi) is 2.43. The van der Waals surface area contributed by atoms with Crippen molar-refractivity contribution in [1.29, 1.82) is 0 Å². The first-order chi connectivity index (χ1) is 7.64. The van der Waals surface area contributed by atoms with Crippen LogP contribution in [0.5, 0.6) is 0 Å². The molecule has 3 rings (SSSR count). The molecule has 16 heavy (non-hydrogen) atoms. The SMILES string of the molecule is CC1=C[C@H](C)[C@@H]2COC3(CCCC3)[C@@H]1[C@@H]2C. The van der Waals surface area contributed by atoms with E-state index in [0.29, 0.717) is 11.8 Å². The van der Waals surface area contributed by atoms with Gasteiger partial charge in [-0.15, -0.1) is 0 Å². The fourth-order valence-corrected chi connectivity index (χ4v) is 4.76. The van der Waals surface area contributed by atoms with Gasteiger partial charge in [0.2, 0.25) is 0 Å². The van der Waals surface area contributed by atoms with E-state index in [2.05, 4.69) is 26.8 Å². The predicted molar refractivity (Wildman–Crippen MR) is 66.2 cm³/mol. The van der Waals surface area contributed by atoms with Gasteiger partial charge in [0.05, 0.1) is 12.2 Å². The molecule has 1 heterocycles. The van der Waals surface area contributed by atoms with Gasteiger partial charge in [-0.3, -0.25) is 0 Å². The van der Waals surface area contributed by atoms with Crippen LogP contribution in [0.1, 0.15) is 46.5 Å². The highest BCUT2D eigenvalue weighted by Crippen LogP contribution is 2.54. The number of fused-ring (bicyclic) bond motifs is 3. The second-order valence-corrected chi connectivity index (χ2v) is 6.35. The lowest BCUT2D eigenvalue weighted by molar-refractivity contribution is -0.160. The van der Waals surface area contributed by atoms with Crippen LogP contribution in [0.15, 0.2) is 11.6 Å². The zero-order valence-corrected chi connectivity index (χ0v) is 10.8. The summed E-state index contributed by atoms with van der Waals surface area (Å²) >= 11 is 0. The first-order valence-electron chi connectivity index (χ1n) is 6.96. The summed E-state index contributed by atoms with van der Waals surface area (Å²) < 4.78 is 6.36. The monoisotopic (exact) mass is 220 g/mol. The number of hydrogen-bond acceptors (Lipinski definition) is 1. The standard InChI is InChI=1S/C15H24O/c1-10-8-11(2)14-12(3)13(10)9-16-15(14)6-4-5-7-15/h8,10,12-14H,4-7,9H2,1-3H3/t10-,12+,13-,14-/m0/s1. The minimum absolute atomic E-state index is 0.233. The Morgan fingerprint density at radius 2 is 1.94 bits per heavy atom. The number of rotatable bonds is 0. The lowest BCUT2D eigenvalue weighted by atomic mass is 9.61. The molecule has 2 fully saturated rings. The van der Waals surface area contributed by atoms with Crippen LogP contribution in [0.25, 0.3) is 0 Å². The second-order valence-electron chi connectivity index (χ2n) is 6.35. The Morgan fingerprint density at radius 3 is 2.62 bits per heavy atom. The van der Waals surface area contributed by atoms with E-state index in [0.717, 1.165) is 18.4 Å². The van der Waals surface area contributed by atoms with Crippen LogP contribution in [0, 0.1) is 23.7 Å². The van der Waals surface area contributed by atoms with E-state index in [1.165, 1.54) is 25.7 Å². The molecule has 1 saturated heterocycles. The normalized spacial score (nSPS) is 45.8. The minimum atomic E-state index is 0.233. The maximum atomic E-state index is 6.36. The van der Waals surface area contributed by atoms with Crippen molar-refractivity contribution in [2.45, 2.75) is 52.1 Å². The Balaban J connectivity index is 1.99. The highest BCUT2D eigenvalue weighted by atomic mass is 16.5. The molecule has 0 amide bonds. The van der Waals surface area contributed by atoms with E-state index in [9.17, 15) is 0 Å². The van der Waals surface area contributed by atoms with Crippen molar-refractivity contribution < 1.29 is 4.74 Å². The van der Waals surface area contributed by atoms with Gasteiger partial charge in [0.1, 0.15) is 0 Å². The van der Waals surface area contributed by atoms with Gasteiger partial charge in [-0.25, -0.2) is 0 Å². The Morgan fingerprint density at radius 1 is 1.25 bits per heavy atom. The summed E-state index contributed by atoms with van der Waals surface area (Å²) in [5.41, 5.74) is 1.84. The second kappa shape index (κ2) is 3.60. The largest absolute Gasteiger partial charge is 0.374 e. The molecule has 0 unspecified atom stereocenters. The summed E-state index contributed by atoms with van der Waals surface area (Å²) in [5, 5.41) is 0. The van der Waals surface area contributed by atoms with Gasteiger partial charge in [-0.1, -0.05) is 38.3 Å². The minimum Gasteiger partial charge on any atom is -0.374 e. The van der Waals surface area contributed by atoms with Crippen LogP contribution in [-0.4, -0.2) is 12.2 Å². The number of allylic oxidation sites excluding steroid dienone is 1. The van der Waals surface area contributed by atoms with Crippen LogP contribution in [0.4, 0.5) is 0 Å². The number of ether oxygens (including phenoxy) is 1. The Bertz CT molecular complexity index is 311. The summed E-state index contributed by atoms with van der Waals surface area (Å²) in [6.07, 6.45) is 7.87. The fraction of sp³-hybridized carbons (Fsp3) is 0.867. The van der Waals surface area contributed by atoms with Crippen molar-refractivity contribution in [2.24, 2.45) is 23.7 Å². The predicted octanol–water partition coefficient (Wildman–Crippen LogP) is 3.79. The molecule has 2 bridgehead atoms. The van der Waals surface area contributed by atoms with E-state index in [-0.39, 0.29) is 5.60 Å². The Labute approximate surface area is 99.3 Å². The molecule has 0 radical (unpaired) electrons. The number of hydrogen-bond donors (Lipinski definition) is 0. The highest BCUT2D eigenvalue weighted by molar-refractivity contribution is 5.21. The zero-order valence-electron chi connectivity index (χ0n) is 10.8. The summed E-state index contributed by atoms with van der Waals surface area (Å²) in [5.74, 6) is 3.02. The smallest absolute Gasteiger partial charge is 0.0750 e. The van der Waals surface area contributed by atoms with Crippen molar-refractivity contribution in [3.8, 4) is 0 Å². The molecule has 0 N–H and O–H groups in total.